The molecule has 2 aliphatic heterocycles. The maximum atomic E-state index is 13.5. The smallest absolute Gasteiger partial charge is 0.337 e. The molecule has 6 nitrogen and oxygen atoms in total. The summed E-state index contributed by atoms with van der Waals surface area (Å²) in [6.07, 6.45) is 1.30. The summed E-state index contributed by atoms with van der Waals surface area (Å²) in [5, 5.41) is 10.00. The van der Waals surface area contributed by atoms with E-state index in [4.69, 9.17) is 10.5 Å². The molecule has 0 radical (unpaired) electrons. The molecular weight excluding hydrogens is 436 g/mol. The van der Waals surface area contributed by atoms with Crippen molar-refractivity contribution in [1.29, 1.82) is 5.26 Å². The van der Waals surface area contributed by atoms with Gasteiger partial charge in [0.05, 0.1) is 30.2 Å². The number of allylic oxidation sites excluding steroid dienone is 1. The Kier molecular flexibility index (Phi) is 5.55. The van der Waals surface area contributed by atoms with E-state index in [0.717, 1.165) is 16.7 Å². The van der Waals surface area contributed by atoms with Crippen LogP contribution in [0.1, 0.15) is 17.0 Å². The second-order valence-corrected chi connectivity index (χ2v) is 7.93. The van der Waals surface area contributed by atoms with Gasteiger partial charge in [0.2, 0.25) is 0 Å². The van der Waals surface area contributed by atoms with E-state index in [-0.39, 0.29) is 22.0 Å². The van der Waals surface area contributed by atoms with Crippen LogP contribution in [0.5, 0.6) is 0 Å². The van der Waals surface area contributed by atoms with Crippen molar-refractivity contribution in [2.45, 2.75) is 5.92 Å². The van der Waals surface area contributed by atoms with E-state index in [9.17, 15) is 23.6 Å². The molecule has 2 aliphatic rings. The summed E-state index contributed by atoms with van der Waals surface area (Å²) in [7, 11) is 1.18. The molecule has 0 saturated carbocycles. The van der Waals surface area contributed by atoms with Crippen molar-refractivity contribution in [3.05, 3.63) is 99.4 Å². The van der Waals surface area contributed by atoms with E-state index in [1.54, 1.807) is 0 Å². The molecule has 32 heavy (non-hydrogen) atoms. The summed E-state index contributed by atoms with van der Waals surface area (Å²) in [6.45, 7) is 0. The van der Waals surface area contributed by atoms with E-state index in [2.05, 4.69) is 0 Å². The second-order valence-electron chi connectivity index (χ2n) is 6.90. The SMILES string of the molecule is COC(=O)C1=C2SC(c3ccc(F)cc3)=CC(=O)N2C(N)=C(C#N)C1c1ccc(F)cc1. The molecule has 0 saturated heterocycles. The van der Waals surface area contributed by atoms with Gasteiger partial charge in [-0.25, -0.2) is 13.6 Å². The van der Waals surface area contributed by atoms with Crippen LogP contribution >= 0.6 is 11.8 Å². The van der Waals surface area contributed by atoms with Crippen molar-refractivity contribution >= 4 is 28.5 Å². The number of hydrogen-bond donors (Lipinski definition) is 1. The molecule has 0 aliphatic carbocycles. The van der Waals surface area contributed by atoms with Crippen LogP contribution in [-0.4, -0.2) is 23.9 Å². The number of methoxy groups -OCH3 is 1. The number of thioether (sulfide) groups is 1. The highest BCUT2D eigenvalue weighted by molar-refractivity contribution is 8.11. The quantitative estimate of drug-likeness (QED) is 0.714. The Morgan fingerprint density at radius 2 is 1.72 bits per heavy atom. The number of carbonyl (C=O) groups is 2. The third-order valence-electron chi connectivity index (χ3n) is 5.07. The highest BCUT2D eigenvalue weighted by Crippen LogP contribution is 2.50. The van der Waals surface area contributed by atoms with E-state index in [1.807, 2.05) is 6.07 Å². The highest BCUT2D eigenvalue weighted by Gasteiger charge is 2.43. The molecule has 1 atom stereocenters. The fourth-order valence-electron chi connectivity index (χ4n) is 3.58. The number of hydrogen-bond acceptors (Lipinski definition) is 6. The van der Waals surface area contributed by atoms with Crippen molar-refractivity contribution in [2.75, 3.05) is 7.11 Å². The Morgan fingerprint density at radius 3 is 2.28 bits per heavy atom. The van der Waals surface area contributed by atoms with E-state index >= 15 is 0 Å². The van der Waals surface area contributed by atoms with Gasteiger partial charge in [0.1, 0.15) is 22.5 Å². The maximum Gasteiger partial charge on any atom is 0.337 e. The first-order valence-electron chi connectivity index (χ1n) is 9.33. The summed E-state index contributed by atoms with van der Waals surface area (Å²) in [5.41, 5.74) is 7.20. The van der Waals surface area contributed by atoms with Crippen molar-refractivity contribution in [3.8, 4) is 6.07 Å². The number of nitrogens with zero attached hydrogens (tertiary/aromatic N) is 2. The summed E-state index contributed by atoms with van der Waals surface area (Å²) < 4.78 is 31.9. The number of rotatable bonds is 3. The lowest BCUT2D eigenvalue weighted by atomic mass is 9.83. The molecule has 2 aromatic rings. The van der Waals surface area contributed by atoms with Crippen molar-refractivity contribution < 1.29 is 23.1 Å². The van der Waals surface area contributed by atoms with Gasteiger partial charge in [-0.3, -0.25) is 9.69 Å². The number of halogens is 2. The van der Waals surface area contributed by atoms with E-state index < -0.39 is 29.4 Å². The standard InChI is InChI=1S/C23H15F2N3O3S/c1-31-23(30)20-19(13-4-8-15(25)9-5-13)16(11-26)21(27)28-18(29)10-17(32-22(20)28)12-2-6-14(24)7-3-12/h2-10,19H,27H2,1H3. The minimum atomic E-state index is -0.966. The topological polar surface area (TPSA) is 96.4 Å². The van der Waals surface area contributed by atoms with Gasteiger partial charge < -0.3 is 10.5 Å². The summed E-state index contributed by atoms with van der Waals surface area (Å²) >= 11 is 1.07. The van der Waals surface area contributed by atoms with Gasteiger partial charge in [-0.05, 0) is 35.4 Å². The Balaban J connectivity index is 1.95. The zero-order chi connectivity index (χ0) is 23.0. The van der Waals surface area contributed by atoms with Gasteiger partial charge >= 0.3 is 5.97 Å². The van der Waals surface area contributed by atoms with E-state index in [0.29, 0.717) is 16.0 Å². The number of ether oxygens (including phenoxy) is 1. The molecule has 1 amide bonds. The number of carbonyl (C=O) groups excluding carboxylic acids is 2. The van der Waals surface area contributed by atoms with Crippen molar-refractivity contribution in [1.82, 2.24) is 4.90 Å². The third kappa shape index (κ3) is 3.55. The lowest BCUT2D eigenvalue weighted by Crippen LogP contribution is -2.40. The first-order valence-corrected chi connectivity index (χ1v) is 10.1. The monoisotopic (exact) mass is 451 g/mol. The van der Waals surface area contributed by atoms with Crippen molar-refractivity contribution in [3.63, 3.8) is 0 Å². The zero-order valence-electron chi connectivity index (χ0n) is 16.6. The zero-order valence-corrected chi connectivity index (χ0v) is 17.5. The Hall–Kier alpha value is -3.90. The van der Waals surface area contributed by atoms with Gasteiger partial charge in [-0.2, -0.15) is 5.26 Å². The number of esters is 1. The summed E-state index contributed by atoms with van der Waals surface area (Å²) in [6, 6.07) is 12.8. The fraction of sp³-hybridized carbons (Fsp3) is 0.0870. The summed E-state index contributed by atoms with van der Waals surface area (Å²) in [4.78, 5) is 27.4. The largest absolute Gasteiger partial charge is 0.466 e. The van der Waals surface area contributed by atoms with E-state index in [1.165, 1.54) is 61.7 Å². The predicted molar refractivity (Wildman–Crippen MR) is 114 cm³/mol. The van der Waals surface area contributed by atoms with Crippen LogP contribution < -0.4 is 5.73 Å². The minimum absolute atomic E-state index is 0.0240. The van der Waals surface area contributed by atoms with Crippen LogP contribution in [-0.2, 0) is 14.3 Å². The molecule has 9 heteroatoms. The number of nitrogens with two attached hydrogens (primary N) is 1. The van der Waals surface area contributed by atoms with Crippen LogP contribution in [0.4, 0.5) is 8.78 Å². The third-order valence-corrected chi connectivity index (χ3v) is 6.24. The molecule has 4 rings (SSSR count). The molecule has 0 bridgehead atoms. The lowest BCUT2D eigenvalue weighted by molar-refractivity contribution is -0.136. The second kappa shape index (κ2) is 8.32. The lowest BCUT2D eigenvalue weighted by Gasteiger charge is -2.37. The first kappa shape index (κ1) is 21.3. The fourth-order valence-corrected chi connectivity index (χ4v) is 4.79. The molecule has 2 N–H and O–H groups in total. The Morgan fingerprint density at radius 1 is 1.12 bits per heavy atom. The van der Waals surface area contributed by atoms with Crippen LogP contribution in [0.3, 0.4) is 0 Å². The number of fused-ring (bicyclic) bond motifs is 1. The molecule has 0 aromatic heterocycles. The van der Waals surface area contributed by atoms with Crippen LogP contribution in [0, 0.1) is 23.0 Å². The van der Waals surface area contributed by atoms with Crippen LogP contribution in [0.25, 0.3) is 4.91 Å². The highest BCUT2D eigenvalue weighted by atomic mass is 32.2. The number of benzene rings is 2. The first-order chi connectivity index (χ1) is 15.3. The average molecular weight is 451 g/mol. The molecule has 2 aromatic carbocycles. The predicted octanol–water partition coefficient (Wildman–Crippen LogP) is 3.76. The molecular formula is C23H15F2N3O3S. The Bertz CT molecular complexity index is 1260. The molecule has 0 spiro atoms. The molecule has 160 valence electrons. The van der Waals surface area contributed by atoms with Gasteiger partial charge in [0, 0.05) is 11.0 Å². The van der Waals surface area contributed by atoms with Gasteiger partial charge in [0.15, 0.2) is 0 Å². The molecule has 1 unspecified atom stereocenters. The normalized spacial score (nSPS) is 18.2. The molecule has 0 fully saturated rings. The van der Waals surface area contributed by atoms with Gasteiger partial charge in [-0.15, -0.1) is 0 Å². The Labute approximate surface area is 186 Å². The van der Waals surface area contributed by atoms with Crippen LogP contribution in [0.15, 0.2) is 76.6 Å². The minimum Gasteiger partial charge on any atom is -0.466 e. The average Bonchev–Trinajstić information content (AvgIpc) is 2.79. The number of nitriles is 1. The van der Waals surface area contributed by atoms with Crippen molar-refractivity contribution in [2.24, 2.45) is 5.73 Å². The van der Waals surface area contributed by atoms with Gasteiger partial charge in [-0.1, -0.05) is 36.0 Å². The summed E-state index contributed by atoms with van der Waals surface area (Å²) in [5.74, 6) is -3.35. The van der Waals surface area contributed by atoms with Crippen LogP contribution in [0.2, 0.25) is 0 Å². The number of amides is 1. The maximum absolute atomic E-state index is 13.5. The van der Waals surface area contributed by atoms with Gasteiger partial charge in [0.25, 0.3) is 5.91 Å². The molecule has 2 heterocycles.